The number of hydrogen-bond acceptors (Lipinski definition) is 0. The molecule has 0 saturated carbocycles. The molecule has 0 amide bonds. The van der Waals surface area contributed by atoms with Crippen LogP contribution < -0.4 is 0 Å². The van der Waals surface area contributed by atoms with Crippen molar-refractivity contribution in [2.75, 3.05) is 0 Å². The van der Waals surface area contributed by atoms with Crippen molar-refractivity contribution in [3.8, 4) is 0 Å². The Balaban J connectivity index is 2.31. The summed E-state index contributed by atoms with van der Waals surface area (Å²) in [4.78, 5) is 0. The molecule has 0 nitrogen and oxygen atoms in total. The first-order chi connectivity index (χ1) is 7.92. The van der Waals surface area contributed by atoms with Crippen LogP contribution in [0, 0.1) is 6.07 Å². The van der Waals surface area contributed by atoms with E-state index >= 15 is 0 Å². The predicted molar refractivity (Wildman–Crippen MR) is 68.5 cm³/mol. The second-order valence-electron chi connectivity index (χ2n) is 4.09. The van der Waals surface area contributed by atoms with Gasteiger partial charge in [-0.2, -0.15) is 0 Å². The van der Waals surface area contributed by atoms with Crippen molar-refractivity contribution >= 4 is 0 Å². The molecule has 81 valence electrons. The lowest BCUT2D eigenvalue weighted by molar-refractivity contribution is 0.698. The van der Waals surface area contributed by atoms with Crippen LogP contribution in [0.25, 0.3) is 0 Å². The van der Waals surface area contributed by atoms with Crippen LogP contribution >= 0.6 is 0 Å². The Kier molecular flexibility index (Phi) is 3.76. The maximum absolute atomic E-state index is 3.08. The normalized spacial score (nSPS) is 10.6. The molecule has 0 aliphatic heterocycles. The zero-order valence-electron chi connectivity index (χ0n) is 9.69. The van der Waals surface area contributed by atoms with Gasteiger partial charge in [0.05, 0.1) is 0 Å². The van der Waals surface area contributed by atoms with Crippen molar-refractivity contribution in [1.82, 2.24) is 0 Å². The Hall–Kier alpha value is -1.56. The van der Waals surface area contributed by atoms with Gasteiger partial charge in [-0.25, -0.2) is 0 Å². The lowest BCUT2D eigenvalue weighted by Crippen LogP contribution is -2.00. The Morgan fingerprint density at radius 3 is 2.19 bits per heavy atom. The van der Waals surface area contributed by atoms with E-state index in [2.05, 4.69) is 55.5 Å². The van der Waals surface area contributed by atoms with Gasteiger partial charge in [-0.15, -0.1) is 0 Å². The summed E-state index contributed by atoms with van der Waals surface area (Å²) in [5.41, 5.74) is 2.81. The smallest absolute Gasteiger partial charge is 0.00892 e. The van der Waals surface area contributed by atoms with Gasteiger partial charge in [0.25, 0.3) is 0 Å². The summed E-state index contributed by atoms with van der Waals surface area (Å²) in [6.45, 7) is 2.24. The first kappa shape index (κ1) is 10.9. The molecule has 0 aromatic heterocycles. The number of rotatable bonds is 4. The molecule has 1 radical (unpaired) electrons. The molecule has 0 heterocycles. The van der Waals surface area contributed by atoms with Gasteiger partial charge < -0.3 is 0 Å². The second kappa shape index (κ2) is 5.50. The average molecular weight is 209 g/mol. The van der Waals surface area contributed by atoms with Crippen LogP contribution in [-0.2, 0) is 0 Å². The van der Waals surface area contributed by atoms with Gasteiger partial charge in [0, 0.05) is 5.92 Å². The van der Waals surface area contributed by atoms with Crippen LogP contribution in [0.1, 0.15) is 36.8 Å². The van der Waals surface area contributed by atoms with Crippen molar-refractivity contribution < 1.29 is 0 Å². The Labute approximate surface area is 97.9 Å². The SMILES string of the molecule is CCCC(c1cc[c]cc1)c1ccccc1. The van der Waals surface area contributed by atoms with Crippen LogP contribution in [0.3, 0.4) is 0 Å². The molecule has 0 N–H and O–H groups in total. The van der Waals surface area contributed by atoms with Crippen LogP contribution in [0.4, 0.5) is 0 Å². The molecule has 16 heavy (non-hydrogen) atoms. The van der Waals surface area contributed by atoms with E-state index in [9.17, 15) is 0 Å². The van der Waals surface area contributed by atoms with Gasteiger partial charge in [-0.1, -0.05) is 67.9 Å². The van der Waals surface area contributed by atoms with E-state index in [-0.39, 0.29) is 0 Å². The van der Waals surface area contributed by atoms with Crippen LogP contribution in [0.2, 0.25) is 0 Å². The third kappa shape index (κ3) is 2.52. The number of benzene rings is 2. The van der Waals surface area contributed by atoms with E-state index in [1.807, 2.05) is 12.1 Å². The zero-order valence-corrected chi connectivity index (χ0v) is 9.69. The van der Waals surface area contributed by atoms with Gasteiger partial charge in [-0.3, -0.25) is 0 Å². The van der Waals surface area contributed by atoms with Crippen LogP contribution in [0.15, 0.2) is 54.6 Å². The predicted octanol–water partition coefficient (Wildman–Crippen LogP) is 4.42. The van der Waals surface area contributed by atoms with E-state index < -0.39 is 0 Å². The molecular formula is C16H17. The fraction of sp³-hybridized carbons (Fsp3) is 0.250. The molecule has 0 aliphatic carbocycles. The third-order valence-corrected chi connectivity index (χ3v) is 2.93. The zero-order chi connectivity index (χ0) is 11.2. The van der Waals surface area contributed by atoms with Gasteiger partial charge in [0.1, 0.15) is 0 Å². The summed E-state index contributed by atoms with van der Waals surface area (Å²) >= 11 is 0. The minimum atomic E-state index is 0.529. The summed E-state index contributed by atoms with van der Waals surface area (Å²) in [6, 6.07) is 22.2. The van der Waals surface area contributed by atoms with E-state index in [1.54, 1.807) is 0 Å². The molecule has 1 atom stereocenters. The topological polar surface area (TPSA) is 0 Å². The Morgan fingerprint density at radius 1 is 0.938 bits per heavy atom. The molecule has 0 heteroatoms. The van der Waals surface area contributed by atoms with Crippen molar-refractivity contribution in [3.63, 3.8) is 0 Å². The molecule has 0 bridgehead atoms. The van der Waals surface area contributed by atoms with Crippen molar-refractivity contribution in [3.05, 3.63) is 71.8 Å². The van der Waals surface area contributed by atoms with Crippen molar-refractivity contribution in [2.24, 2.45) is 0 Å². The highest BCUT2D eigenvalue weighted by Gasteiger charge is 2.11. The fourth-order valence-electron chi connectivity index (χ4n) is 2.13. The lowest BCUT2D eigenvalue weighted by Gasteiger charge is -2.16. The summed E-state index contributed by atoms with van der Waals surface area (Å²) in [5, 5.41) is 0. The summed E-state index contributed by atoms with van der Waals surface area (Å²) in [7, 11) is 0. The molecule has 2 aromatic rings. The highest BCUT2D eigenvalue weighted by Crippen LogP contribution is 2.28. The lowest BCUT2D eigenvalue weighted by atomic mass is 9.88. The highest BCUT2D eigenvalue weighted by atomic mass is 14.2. The van der Waals surface area contributed by atoms with E-state index in [1.165, 1.54) is 24.0 Å². The first-order valence-corrected chi connectivity index (χ1v) is 5.92. The molecule has 1 unspecified atom stereocenters. The second-order valence-corrected chi connectivity index (χ2v) is 4.09. The fourth-order valence-corrected chi connectivity index (χ4v) is 2.13. The molecule has 0 aliphatic rings. The van der Waals surface area contributed by atoms with Crippen LogP contribution in [-0.4, -0.2) is 0 Å². The van der Waals surface area contributed by atoms with Gasteiger partial charge in [-0.05, 0) is 23.6 Å². The Bertz CT molecular complexity index is 363. The summed E-state index contributed by atoms with van der Waals surface area (Å²) in [6.07, 6.45) is 2.41. The molecule has 2 aromatic carbocycles. The summed E-state index contributed by atoms with van der Waals surface area (Å²) < 4.78 is 0. The Morgan fingerprint density at radius 2 is 1.56 bits per heavy atom. The molecule has 0 fully saturated rings. The minimum Gasteiger partial charge on any atom is -0.0653 e. The van der Waals surface area contributed by atoms with Crippen molar-refractivity contribution in [1.29, 1.82) is 0 Å². The minimum absolute atomic E-state index is 0.529. The highest BCUT2D eigenvalue weighted by molar-refractivity contribution is 5.31. The van der Waals surface area contributed by atoms with E-state index in [0.717, 1.165) is 0 Å². The van der Waals surface area contributed by atoms with Gasteiger partial charge >= 0.3 is 0 Å². The van der Waals surface area contributed by atoms with Gasteiger partial charge in [0.2, 0.25) is 0 Å². The maximum Gasteiger partial charge on any atom is 0.00892 e. The maximum atomic E-state index is 3.08. The quantitative estimate of drug-likeness (QED) is 0.699. The first-order valence-electron chi connectivity index (χ1n) is 5.92. The molecule has 0 spiro atoms. The largest absolute Gasteiger partial charge is 0.0653 e. The standard InChI is InChI=1S/C16H17/c1-2-9-16(14-10-5-3-6-11-14)15-12-7-4-8-13-15/h3,5-8,10-13,16H,2,9H2,1H3. The monoisotopic (exact) mass is 209 g/mol. The third-order valence-electron chi connectivity index (χ3n) is 2.93. The molecular weight excluding hydrogens is 192 g/mol. The van der Waals surface area contributed by atoms with E-state index in [0.29, 0.717) is 5.92 Å². The summed E-state index contributed by atoms with van der Waals surface area (Å²) in [5.74, 6) is 0.529. The van der Waals surface area contributed by atoms with Gasteiger partial charge in [0.15, 0.2) is 0 Å². The average Bonchev–Trinajstić information content (AvgIpc) is 2.38. The van der Waals surface area contributed by atoms with E-state index in [4.69, 9.17) is 0 Å². The van der Waals surface area contributed by atoms with Crippen molar-refractivity contribution in [2.45, 2.75) is 25.7 Å². The molecule has 0 saturated heterocycles. The molecule has 2 rings (SSSR count). The van der Waals surface area contributed by atoms with Crippen LogP contribution in [0.5, 0.6) is 0 Å². The number of hydrogen-bond donors (Lipinski definition) is 0.